The molecule has 122 valence electrons. The summed E-state index contributed by atoms with van der Waals surface area (Å²) in [6.45, 7) is 3.30. The lowest BCUT2D eigenvalue weighted by Gasteiger charge is -2.37. The zero-order valence-corrected chi connectivity index (χ0v) is 14.0. The van der Waals surface area contributed by atoms with Crippen LogP contribution in [0.1, 0.15) is 37.7 Å². The molecule has 4 nitrogen and oxygen atoms in total. The predicted molar refractivity (Wildman–Crippen MR) is 88.2 cm³/mol. The van der Waals surface area contributed by atoms with Gasteiger partial charge in [0.2, 0.25) is 10.0 Å². The fourth-order valence-corrected chi connectivity index (χ4v) is 5.38. The Morgan fingerprint density at radius 3 is 2.27 bits per heavy atom. The first kappa shape index (κ1) is 16.0. The smallest absolute Gasteiger partial charge is 0.218 e. The SMILES string of the molecule is O=S(=O)(Cc1ccccc1)N1CC[NH+](C2CCCCC2)CC1. The van der Waals surface area contributed by atoms with Gasteiger partial charge in [-0.15, -0.1) is 0 Å². The van der Waals surface area contributed by atoms with Gasteiger partial charge in [0.05, 0.1) is 38.0 Å². The molecule has 22 heavy (non-hydrogen) atoms. The maximum Gasteiger partial charge on any atom is 0.218 e. The quantitative estimate of drug-likeness (QED) is 0.900. The molecule has 5 heteroatoms. The average molecular weight is 323 g/mol. The zero-order valence-electron chi connectivity index (χ0n) is 13.2. The minimum absolute atomic E-state index is 0.132. The molecule has 0 spiro atoms. The average Bonchev–Trinajstić information content (AvgIpc) is 2.56. The molecule has 1 heterocycles. The van der Waals surface area contributed by atoms with Crippen LogP contribution in [-0.4, -0.2) is 44.9 Å². The number of sulfonamides is 1. The molecule has 1 aromatic carbocycles. The van der Waals surface area contributed by atoms with E-state index in [2.05, 4.69) is 0 Å². The molecule has 0 atom stereocenters. The molecule has 1 saturated heterocycles. The summed E-state index contributed by atoms with van der Waals surface area (Å²) in [4.78, 5) is 1.63. The highest BCUT2D eigenvalue weighted by Crippen LogP contribution is 2.16. The molecule has 1 aliphatic heterocycles. The molecule has 1 aromatic rings. The lowest BCUT2D eigenvalue weighted by atomic mass is 9.94. The summed E-state index contributed by atoms with van der Waals surface area (Å²) < 4.78 is 26.8. The lowest BCUT2D eigenvalue weighted by molar-refractivity contribution is -0.930. The molecule has 2 aliphatic rings. The second kappa shape index (κ2) is 7.11. The maximum absolute atomic E-state index is 12.6. The highest BCUT2D eigenvalue weighted by molar-refractivity contribution is 7.88. The molecule has 0 aromatic heterocycles. The number of hydrogen-bond acceptors (Lipinski definition) is 2. The second-order valence-corrected chi connectivity index (χ2v) is 8.60. The molecule has 1 aliphatic carbocycles. The summed E-state index contributed by atoms with van der Waals surface area (Å²) in [5.74, 6) is 0.132. The molecular formula is C17H27N2O2S+. The van der Waals surface area contributed by atoms with E-state index in [4.69, 9.17) is 0 Å². The largest absolute Gasteiger partial charge is 0.330 e. The van der Waals surface area contributed by atoms with Crippen molar-refractivity contribution in [1.82, 2.24) is 4.31 Å². The summed E-state index contributed by atoms with van der Waals surface area (Å²) in [5, 5.41) is 0. The topological polar surface area (TPSA) is 41.8 Å². The molecule has 0 bridgehead atoms. The minimum Gasteiger partial charge on any atom is -0.330 e. The van der Waals surface area contributed by atoms with Crippen molar-refractivity contribution in [1.29, 1.82) is 0 Å². The van der Waals surface area contributed by atoms with E-state index >= 15 is 0 Å². The molecular weight excluding hydrogens is 296 g/mol. The van der Waals surface area contributed by atoms with Crippen molar-refractivity contribution in [2.75, 3.05) is 26.2 Å². The summed E-state index contributed by atoms with van der Waals surface area (Å²) in [6, 6.07) is 10.3. The van der Waals surface area contributed by atoms with Crippen molar-refractivity contribution < 1.29 is 13.3 Å². The standard InChI is InChI=1S/C17H26N2O2S/c20-22(21,15-16-7-3-1-4-8-16)19-13-11-18(12-14-19)17-9-5-2-6-10-17/h1,3-4,7-8,17H,2,5-6,9-15H2/p+1. The van der Waals surface area contributed by atoms with Crippen molar-refractivity contribution in [3.05, 3.63) is 35.9 Å². The van der Waals surface area contributed by atoms with E-state index in [9.17, 15) is 8.42 Å². The van der Waals surface area contributed by atoms with E-state index in [-0.39, 0.29) is 5.75 Å². The van der Waals surface area contributed by atoms with Crippen molar-refractivity contribution in [2.45, 2.75) is 43.9 Å². The van der Waals surface area contributed by atoms with Gasteiger partial charge in [-0.1, -0.05) is 36.8 Å². The van der Waals surface area contributed by atoms with Gasteiger partial charge in [0.15, 0.2) is 0 Å². The monoisotopic (exact) mass is 323 g/mol. The van der Waals surface area contributed by atoms with Gasteiger partial charge >= 0.3 is 0 Å². The number of benzene rings is 1. The van der Waals surface area contributed by atoms with E-state index in [0.717, 1.165) is 24.7 Å². The van der Waals surface area contributed by atoms with Crippen molar-refractivity contribution >= 4 is 10.0 Å². The van der Waals surface area contributed by atoms with E-state index in [1.54, 1.807) is 9.21 Å². The normalized spacial score (nSPS) is 22.7. The molecule has 2 fully saturated rings. The van der Waals surface area contributed by atoms with Crippen LogP contribution < -0.4 is 4.90 Å². The fourth-order valence-electron chi connectivity index (χ4n) is 3.85. The lowest BCUT2D eigenvalue weighted by Crippen LogP contribution is -3.18. The second-order valence-electron chi connectivity index (χ2n) is 6.63. The van der Waals surface area contributed by atoms with E-state index in [1.165, 1.54) is 32.1 Å². The van der Waals surface area contributed by atoms with Crippen LogP contribution in [0, 0.1) is 0 Å². The molecule has 3 rings (SSSR count). The first-order valence-corrected chi connectivity index (χ1v) is 10.1. The van der Waals surface area contributed by atoms with E-state index in [1.807, 2.05) is 30.3 Å². The highest BCUT2D eigenvalue weighted by atomic mass is 32.2. The van der Waals surface area contributed by atoms with Gasteiger partial charge in [0, 0.05) is 0 Å². The van der Waals surface area contributed by atoms with Gasteiger partial charge in [-0.05, 0) is 31.2 Å². The van der Waals surface area contributed by atoms with Crippen LogP contribution in [0.15, 0.2) is 30.3 Å². The van der Waals surface area contributed by atoms with Crippen LogP contribution >= 0.6 is 0 Å². The molecule has 1 N–H and O–H groups in total. The Hall–Kier alpha value is -0.910. The van der Waals surface area contributed by atoms with Crippen LogP contribution in [0.2, 0.25) is 0 Å². The number of nitrogens with one attached hydrogen (secondary N) is 1. The van der Waals surface area contributed by atoms with Gasteiger partial charge in [-0.2, -0.15) is 4.31 Å². The molecule has 0 unspecified atom stereocenters. The first-order chi connectivity index (χ1) is 10.6. The van der Waals surface area contributed by atoms with Crippen molar-refractivity contribution in [2.24, 2.45) is 0 Å². The first-order valence-electron chi connectivity index (χ1n) is 8.51. The molecule has 1 saturated carbocycles. The zero-order chi connectivity index (χ0) is 15.4. The number of quaternary nitrogens is 1. The van der Waals surface area contributed by atoms with Crippen LogP contribution in [0.4, 0.5) is 0 Å². The van der Waals surface area contributed by atoms with Gasteiger partial charge in [0.1, 0.15) is 0 Å². The third-order valence-electron chi connectivity index (χ3n) is 5.13. The van der Waals surface area contributed by atoms with E-state index in [0.29, 0.717) is 13.1 Å². The van der Waals surface area contributed by atoms with Crippen LogP contribution in [0.3, 0.4) is 0 Å². The maximum atomic E-state index is 12.6. The Kier molecular flexibility index (Phi) is 5.16. The number of piperazine rings is 1. The predicted octanol–water partition coefficient (Wildman–Crippen LogP) is 1.05. The Balaban J connectivity index is 1.56. The van der Waals surface area contributed by atoms with Gasteiger partial charge in [-0.3, -0.25) is 0 Å². The summed E-state index contributed by atoms with van der Waals surface area (Å²) >= 11 is 0. The van der Waals surface area contributed by atoms with Crippen molar-refractivity contribution in [3.8, 4) is 0 Å². The third kappa shape index (κ3) is 3.89. The molecule has 0 radical (unpaired) electrons. The van der Waals surface area contributed by atoms with Gasteiger partial charge < -0.3 is 4.90 Å². The Morgan fingerprint density at radius 1 is 1.00 bits per heavy atom. The Labute approximate surface area is 134 Å². The van der Waals surface area contributed by atoms with Crippen LogP contribution in [0.5, 0.6) is 0 Å². The highest BCUT2D eigenvalue weighted by Gasteiger charge is 2.33. The molecule has 0 amide bonds. The fraction of sp³-hybridized carbons (Fsp3) is 0.647. The van der Waals surface area contributed by atoms with Crippen molar-refractivity contribution in [3.63, 3.8) is 0 Å². The van der Waals surface area contributed by atoms with Gasteiger partial charge in [0.25, 0.3) is 0 Å². The third-order valence-corrected chi connectivity index (χ3v) is 6.98. The van der Waals surface area contributed by atoms with Gasteiger partial charge in [-0.25, -0.2) is 8.42 Å². The summed E-state index contributed by atoms with van der Waals surface area (Å²) in [5.41, 5.74) is 0.879. The van der Waals surface area contributed by atoms with Crippen LogP contribution in [0.25, 0.3) is 0 Å². The minimum atomic E-state index is -3.17. The summed E-state index contributed by atoms with van der Waals surface area (Å²) in [6.07, 6.45) is 6.73. The Morgan fingerprint density at radius 2 is 1.64 bits per heavy atom. The Bertz CT molecular complexity index is 560. The number of rotatable bonds is 4. The van der Waals surface area contributed by atoms with Crippen LogP contribution in [-0.2, 0) is 15.8 Å². The van der Waals surface area contributed by atoms with E-state index < -0.39 is 10.0 Å². The number of hydrogen-bond donors (Lipinski definition) is 1. The summed E-state index contributed by atoms with van der Waals surface area (Å²) in [7, 11) is -3.17. The number of nitrogens with zero attached hydrogens (tertiary/aromatic N) is 1.